The Kier molecular flexibility index (Phi) is 4.83. The van der Waals surface area contributed by atoms with Gasteiger partial charge in [0.15, 0.2) is 0 Å². The Bertz CT molecular complexity index is 497. The van der Waals surface area contributed by atoms with Crippen molar-refractivity contribution in [2.24, 2.45) is 11.3 Å². The molecule has 1 fully saturated rings. The summed E-state index contributed by atoms with van der Waals surface area (Å²) in [5.41, 5.74) is 1.83. The lowest BCUT2D eigenvalue weighted by molar-refractivity contribution is 0.00782. The SMILES string of the molecule is Cc1ccncc1NC(=O)NC[C@H]1CCO[C@@H]1C(C)(C)C. The highest BCUT2D eigenvalue weighted by Crippen LogP contribution is 2.34. The van der Waals surface area contributed by atoms with Crippen molar-refractivity contribution in [2.45, 2.75) is 40.2 Å². The summed E-state index contributed by atoms with van der Waals surface area (Å²) in [6.45, 7) is 9.88. The molecular weight excluding hydrogens is 266 g/mol. The zero-order chi connectivity index (χ0) is 15.5. The molecule has 0 aromatic carbocycles. The van der Waals surface area contributed by atoms with Crippen LogP contribution >= 0.6 is 0 Å². The molecule has 0 bridgehead atoms. The molecule has 1 aromatic rings. The molecule has 1 aromatic heterocycles. The number of hydrogen-bond donors (Lipinski definition) is 2. The fraction of sp³-hybridized carbons (Fsp3) is 0.625. The maximum absolute atomic E-state index is 12.0. The van der Waals surface area contributed by atoms with Gasteiger partial charge in [0.25, 0.3) is 0 Å². The van der Waals surface area contributed by atoms with Gasteiger partial charge in [0.1, 0.15) is 0 Å². The van der Waals surface area contributed by atoms with E-state index in [1.807, 2.05) is 13.0 Å². The standard InChI is InChI=1S/C16H25N3O2/c1-11-5-7-17-10-13(11)19-15(20)18-9-12-6-8-21-14(12)16(2,3)4/h5,7,10,12,14H,6,8-9H2,1-4H3,(H2,18,19,20)/t12-,14+/m1/s1. The minimum Gasteiger partial charge on any atom is -0.377 e. The summed E-state index contributed by atoms with van der Waals surface area (Å²) in [7, 11) is 0. The Hall–Kier alpha value is -1.62. The largest absolute Gasteiger partial charge is 0.377 e. The molecule has 0 spiro atoms. The average molecular weight is 291 g/mol. The number of aryl methyl sites for hydroxylation is 1. The molecule has 2 rings (SSSR count). The third kappa shape index (κ3) is 4.17. The van der Waals surface area contributed by atoms with E-state index in [9.17, 15) is 4.79 Å². The molecule has 0 aliphatic carbocycles. The van der Waals surface area contributed by atoms with Crippen LogP contribution in [0.1, 0.15) is 32.8 Å². The van der Waals surface area contributed by atoms with Crippen molar-refractivity contribution >= 4 is 11.7 Å². The maximum atomic E-state index is 12.0. The minimum absolute atomic E-state index is 0.0965. The first-order valence-corrected chi connectivity index (χ1v) is 7.45. The van der Waals surface area contributed by atoms with E-state index in [-0.39, 0.29) is 17.6 Å². The van der Waals surface area contributed by atoms with Crippen LogP contribution in [-0.2, 0) is 4.74 Å². The van der Waals surface area contributed by atoms with Gasteiger partial charge in [-0.25, -0.2) is 4.79 Å². The molecule has 1 saturated heterocycles. The second-order valence-electron chi connectivity index (χ2n) is 6.73. The first-order chi connectivity index (χ1) is 9.88. The molecule has 2 N–H and O–H groups in total. The average Bonchev–Trinajstić information content (AvgIpc) is 2.87. The van der Waals surface area contributed by atoms with Crippen molar-refractivity contribution in [2.75, 3.05) is 18.5 Å². The second kappa shape index (κ2) is 6.43. The van der Waals surface area contributed by atoms with E-state index in [1.54, 1.807) is 12.4 Å². The van der Waals surface area contributed by atoms with Gasteiger partial charge in [-0.15, -0.1) is 0 Å². The lowest BCUT2D eigenvalue weighted by Crippen LogP contribution is -2.40. The lowest BCUT2D eigenvalue weighted by Gasteiger charge is -2.31. The summed E-state index contributed by atoms with van der Waals surface area (Å²) in [4.78, 5) is 16.0. The molecule has 116 valence electrons. The fourth-order valence-corrected chi connectivity index (χ4v) is 2.79. The van der Waals surface area contributed by atoms with Crippen LogP contribution in [0.25, 0.3) is 0 Å². The Morgan fingerprint density at radius 2 is 2.24 bits per heavy atom. The van der Waals surface area contributed by atoms with Crippen molar-refractivity contribution in [1.29, 1.82) is 0 Å². The number of carbonyl (C=O) groups is 1. The summed E-state index contributed by atoms with van der Waals surface area (Å²) >= 11 is 0. The van der Waals surface area contributed by atoms with Crippen molar-refractivity contribution in [3.63, 3.8) is 0 Å². The van der Waals surface area contributed by atoms with Gasteiger partial charge < -0.3 is 15.4 Å². The predicted molar refractivity (Wildman–Crippen MR) is 83.3 cm³/mol. The van der Waals surface area contributed by atoms with Gasteiger partial charge in [-0.3, -0.25) is 4.98 Å². The highest BCUT2D eigenvalue weighted by Gasteiger charge is 2.37. The Labute approximate surface area is 126 Å². The number of pyridine rings is 1. The van der Waals surface area contributed by atoms with E-state index in [1.165, 1.54) is 0 Å². The Morgan fingerprint density at radius 3 is 2.90 bits per heavy atom. The molecule has 1 aliphatic rings. The van der Waals surface area contributed by atoms with Gasteiger partial charge >= 0.3 is 6.03 Å². The van der Waals surface area contributed by atoms with Gasteiger partial charge in [0.05, 0.1) is 18.0 Å². The topological polar surface area (TPSA) is 63.2 Å². The van der Waals surface area contributed by atoms with Crippen molar-refractivity contribution in [3.05, 3.63) is 24.0 Å². The van der Waals surface area contributed by atoms with Crippen LogP contribution in [0.2, 0.25) is 0 Å². The number of anilines is 1. The monoisotopic (exact) mass is 291 g/mol. The zero-order valence-corrected chi connectivity index (χ0v) is 13.3. The normalized spacial score (nSPS) is 22.1. The molecule has 5 heteroatoms. The summed E-state index contributed by atoms with van der Waals surface area (Å²) < 4.78 is 5.82. The number of nitrogens with zero attached hydrogens (tertiary/aromatic N) is 1. The van der Waals surface area contributed by atoms with E-state index in [0.29, 0.717) is 12.5 Å². The molecule has 5 nitrogen and oxygen atoms in total. The van der Waals surface area contributed by atoms with E-state index < -0.39 is 0 Å². The third-order valence-electron chi connectivity index (χ3n) is 3.88. The number of aromatic nitrogens is 1. The number of amides is 2. The highest BCUT2D eigenvalue weighted by atomic mass is 16.5. The van der Waals surface area contributed by atoms with Crippen LogP contribution in [0.15, 0.2) is 18.5 Å². The number of urea groups is 1. The Balaban J connectivity index is 1.86. The summed E-state index contributed by atoms with van der Waals surface area (Å²) in [5, 5.41) is 5.78. The molecule has 1 aliphatic heterocycles. The highest BCUT2D eigenvalue weighted by molar-refractivity contribution is 5.89. The number of carbonyl (C=O) groups excluding carboxylic acids is 1. The Morgan fingerprint density at radius 1 is 1.48 bits per heavy atom. The van der Waals surface area contributed by atoms with E-state index in [2.05, 4.69) is 36.4 Å². The van der Waals surface area contributed by atoms with Crippen LogP contribution in [0.5, 0.6) is 0 Å². The summed E-state index contributed by atoms with van der Waals surface area (Å²) in [6.07, 6.45) is 4.56. The van der Waals surface area contributed by atoms with Gasteiger partial charge in [-0.2, -0.15) is 0 Å². The molecular formula is C16H25N3O2. The zero-order valence-electron chi connectivity index (χ0n) is 13.3. The smallest absolute Gasteiger partial charge is 0.319 e. The van der Waals surface area contributed by atoms with Gasteiger partial charge in [0.2, 0.25) is 0 Å². The van der Waals surface area contributed by atoms with Crippen LogP contribution in [-0.4, -0.2) is 30.3 Å². The molecule has 0 unspecified atom stereocenters. The molecule has 2 amide bonds. The van der Waals surface area contributed by atoms with Crippen LogP contribution < -0.4 is 10.6 Å². The first-order valence-electron chi connectivity index (χ1n) is 7.45. The first kappa shape index (κ1) is 15.8. The minimum atomic E-state index is -0.189. The van der Waals surface area contributed by atoms with E-state index in [4.69, 9.17) is 4.74 Å². The molecule has 0 radical (unpaired) electrons. The quantitative estimate of drug-likeness (QED) is 0.900. The van der Waals surface area contributed by atoms with E-state index >= 15 is 0 Å². The molecule has 2 heterocycles. The van der Waals surface area contributed by atoms with Crippen molar-refractivity contribution in [1.82, 2.24) is 10.3 Å². The van der Waals surface area contributed by atoms with Gasteiger partial charge in [-0.1, -0.05) is 20.8 Å². The molecule has 0 saturated carbocycles. The van der Waals surface area contributed by atoms with Gasteiger partial charge in [0, 0.05) is 25.3 Å². The number of rotatable bonds is 3. The number of nitrogens with one attached hydrogen (secondary N) is 2. The fourth-order valence-electron chi connectivity index (χ4n) is 2.79. The number of hydrogen-bond acceptors (Lipinski definition) is 3. The van der Waals surface area contributed by atoms with Crippen LogP contribution in [0, 0.1) is 18.3 Å². The van der Waals surface area contributed by atoms with Crippen molar-refractivity contribution in [3.8, 4) is 0 Å². The van der Waals surface area contributed by atoms with Crippen LogP contribution in [0.3, 0.4) is 0 Å². The number of ether oxygens (including phenoxy) is 1. The van der Waals surface area contributed by atoms with Crippen LogP contribution in [0.4, 0.5) is 10.5 Å². The van der Waals surface area contributed by atoms with Crippen molar-refractivity contribution < 1.29 is 9.53 Å². The maximum Gasteiger partial charge on any atom is 0.319 e. The molecule has 21 heavy (non-hydrogen) atoms. The second-order valence-corrected chi connectivity index (χ2v) is 6.73. The molecule has 2 atom stereocenters. The lowest BCUT2D eigenvalue weighted by atomic mass is 9.81. The summed E-state index contributed by atoms with van der Waals surface area (Å²) in [6, 6.07) is 1.68. The van der Waals surface area contributed by atoms with E-state index in [0.717, 1.165) is 24.3 Å². The van der Waals surface area contributed by atoms with Gasteiger partial charge in [-0.05, 0) is 30.4 Å². The summed E-state index contributed by atoms with van der Waals surface area (Å²) in [5.74, 6) is 0.366. The predicted octanol–water partition coefficient (Wildman–Crippen LogP) is 2.96. The third-order valence-corrected chi connectivity index (χ3v) is 3.88.